The fraction of sp³-hybridized carbons (Fsp3) is 0.167. The number of nitrogens with zero attached hydrogens (tertiary/aromatic N) is 2. The summed E-state index contributed by atoms with van der Waals surface area (Å²) < 4.78 is 6.10. The molecule has 6 nitrogen and oxygen atoms in total. The molecule has 6 heteroatoms. The molecule has 0 saturated heterocycles. The Hall–Kier alpha value is -4.45. The molecule has 36 heavy (non-hydrogen) atoms. The van der Waals surface area contributed by atoms with Crippen molar-refractivity contribution in [2.75, 3.05) is 18.0 Å². The van der Waals surface area contributed by atoms with Gasteiger partial charge in [-0.15, -0.1) is 6.58 Å². The third-order valence-corrected chi connectivity index (χ3v) is 7.17. The summed E-state index contributed by atoms with van der Waals surface area (Å²) in [5.74, 6) is -0.861. The van der Waals surface area contributed by atoms with E-state index in [0.717, 1.165) is 11.1 Å². The maximum Gasteiger partial charge on any atom is 0.291 e. The molecule has 2 amide bonds. The number of fused-ring (bicyclic) bond motifs is 5. The normalized spacial score (nSPS) is 18.2. The molecule has 0 radical (unpaired) electrons. The first-order valence-corrected chi connectivity index (χ1v) is 11.9. The Morgan fingerprint density at radius 1 is 0.972 bits per heavy atom. The van der Waals surface area contributed by atoms with Crippen LogP contribution in [0.25, 0.3) is 11.0 Å². The molecule has 4 aromatic rings. The third-order valence-electron chi connectivity index (χ3n) is 7.17. The Kier molecular flexibility index (Phi) is 4.93. The Balaban J connectivity index is 1.65. The van der Waals surface area contributed by atoms with E-state index < -0.39 is 11.4 Å². The van der Waals surface area contributed by atoms with Gasteiger partial charge in [0.15, 0.2) is 11.0 Å². The lowest BCUT2D eigenvalue weighted by atomic mass is 9.83. The number of para-hydroxylation sites is 1. The predicted octanol–water partition coefficient (Wildman–Crippen LogP) is 4.58. The van der Waals surface area contributed by atoms with Crippen LogP contribution in [0.1, 0.15) is 32.8 Å². The Bertz CT molecular complexity index is 1620. The zero-order valence-corrected chi connectivity index (χ0v) is 19.9. The molecule has 1 atom stereocenters. The van der Waals surface area contributed by atoms with Crippen molar-refractivity contribution >= 4 is 28.5 Å². The van der Waals surface area contributed by atoms with Gasteiger partial charge in [-0.3, -0.25) is 14.4 Å². The smallest absolute Gasteiger partial charge is 0.291 e. The van der Waals surface area contributed by atoms with Crippen LogP contribution in [0.4, 0.5) is 5.69 Å². The van der Waals surface area contributed by atoms with Gasteiger partial charge in [0.2, 0.25) is 5.76 Å². The number of carbonyl (C=O) groups excluding carboxylic acids is 2. The second-order valence-corrected chi connectivity index (χ2v) is 9.26. The summed E-state index contributed by atoms with van der Waals surface area (Å²) in [7, 11) is 0. The number of aryl methyl sites for hydroxylation is 1. The van der Waals surface area contributed by atoms with Crippen molar-refractivity contribution in [2.24, 2.45) is 0 Å². The van der Waals surface area contributed by atoms with Gasteiger partial charge in [-0.1, -0.05) is 66.2 Å². The van der Waals surface area contributed by atoms with E-state index in [-0.39, 0.29) is 35.7 Å². The SMILES string of the molecule is C=CCN1C(=O)C2(c3ccccc31)c1c(oc3ccc(C)cc3c1=O)C(=O)N2CCc1ccccc1. The van der Waals surface area contributed by atoms with Crippen molar-refractivity contribution in [3.05, 3.63) is 124 Å². The summed E-state index contributed by atoms with van der Waals surface area (Å²) in [5.41, 5.74) is 1.67. The van der Waals surface area contributed by atoms with Crippen LogP contribution in [0.15, 0.2) is 94.7 Å². The summed E-state index contributed by atoms with van der Waals surface area (Å²) in [6.45, 7) is 6.20. The molecule has 2 aliphatic rings. The molecule has 0 saturated carbocycles. The molecular weight excluding hydrogens is 452 g/mol. The molecule has 0 N–H and O–H groups in total. The highest BCUT2D eigenvalue weighted by Gasteiger charge is 2.64. The summed E-state index contributed by atoms with van der Waals surface area (Å²) in [6, 6.07) is 22.4. The lowest BCUT2D eigenvalue weighted by Crippen LogP contribution is -2.54. The van der Waals surface area contributed by atoms with E-state index in [1.807, 2.05) is 67.6 Å². The molecule has 0 bridgehead atoms. The van der Waals surface area contributed by atoms with E-state index in [1.165, 1.54) is 4.90 Å². The molecule has 0 aliphatic carbocycles. The molecule has 6 rings (SSSR count). The molecular formula is C30H24N2O4. The van der Waals surface area contributed by atoms with Gasteiger partial charge in [0.05, 0.1) is 16.6 Å². The highest BCUT2D eigenvalue weighted by atomic mass is 16.3. The van der Waals surface area contributed by atoms with Crippen molar-refractivity contribution in [1.82, 2.24) is 4.90 Å². The van der Waals surface area contributed by atoms with Crippen LogP contribution < -0.4 is 10.3 Å². The lowest BCUT2D eigenvalue weighted by molar-refractivity contribution is -0.125. The number of hydrogen-bond acceptors (Lipinski definition) is 4. The first-order valence-electron chi connectivity index (χ1n) is 11.9. The predicted molar refractivity (Wildman–Crippen MR) is 138 cm³/mol. The zero-order chi connectivity index (χ0) is 25.0. The summed E-state index contributed by atoms with van der Waals surface area (Å²) in [6.07, 6.45) is 2.16. The molecule has 3 aromatic carbocycles. The molecule has 1 spiro atoms. The fourth-order valence-electron chi connectivity index (χ4n) is 5.60. The van der Waals surface area contributed by atoms with E-state index in [2.05, 4.69) is 6.58 Å². The van der Waals surface area contributed by atoms with Crippen LogP contribution in [0, 0.1) is 6.92 Å². The maximum absolute atomic E-state index is 14.4. The van der Waals surface area contributed by atoms with Crippen molar-refractivity contribution in [3.8, 4) is 0 Å². The first kappa shape index (κ1) is 22.0. The lowest BCUT2D eigenvalue weighted by Gasteiger charge is -2.34. The van der Waals surface area contributed by atoms with E-state index in [0.29, 0.717) is 28.6 Å². The second-order valence-electron chi connectivity index (χ2n) is 9.26. The second kappa shape index (κ2) is 8.05. The highest BCUT2D eigenvalue weighted by Crippen LogP contribution is 2.52. The Morgan fingerprint density at radius 2 is 1.72 bits per heavy atom. The van der Waals surface area contributed by atoms with Gasteiger partial charge < -0.3 is 14.2 Å². The Labute approximate surface area is 208 Å². The van der Waals surface area contributed by atoms with Gasteiger partial charge in [0, 0.05) is 18.7 Å². The van der Waals surface area contributed by atoms with Crippen LogP contribution >= 0.6 is 0 Å². The fourth-order valence-corrected chi connectivity index (χ4v) is 5.60. The van der Waals surface area contributed by atoms with E-state index in [4.69, 9.17) is 4.42 Å². The Morgan fingerprint density at radius 3 is 2.50 bits per heavy atom. The monoisotopic (exact) mass is 476 g/mol. The minimum Gasteiger partial charge on any atom is -0.450 e. The van der Waals surface area contributed by atoms with Crippen molar-refractivity contribution < 1.29 is 14.0 Å². The quantitative estimate of drug-likeness (QED) is 0.396. The topological polar surface area (TPSA) is 70.8 Å². The van der Waals surface area contributed by atoms with Crippen molar-refractivity contribution in [2.45, 2.75) is 18.9 Å². The average molecular weight is 477 g/mol. The first-order chi connectivity index (χ1) is 17.5. The summed E-state index contributed by atoms with van der Waals surface area (Å²) in [5, 5.41) is 0.360. The zero-order valence-electron chi connectivity index (χ0n) is 19.9. The third kappa shape index (κ3) is 2.87. The molecule has 3 heterocycles. The van der Waals surface area contributed by atoms with Gasteiger partial charge in [-0.25, -0.2) is 0 Å². The average Bonchev–Trinajstić information content (AvgIpc) is 3.29. The van der Waals surface area contributed by atoms with Gasteiger partial charge in [-0.2, -0.15) is 0 Å². The number of rotatable bonds is 5. The summed E-state index contributed by atoms with van der Waals surface area (Å²) >= 11 is 0. The molecule has 178 valence electrons. The minimum absolute atomic E-state index is 0.0620. The highest BCUT2D eigenvalue weighted by molar-refractivity contribution is 6.17. The van der Waals surface area contributed by atoms with Gasteiger partial charge in [0.1, 0.15) is 5.58 Å². The molecule has 0 fully saturated rings. The van der Waals surface area contributed by atoms with Crippen LogP contribution in [-0.2, 0) is 16.8 Å². The van der Waals surface area contributed by atoms with Crippen molar-refractivity contribution in [1.29, 1.82) is 0 Å². The van der Waals surface area contributed by atoms with Crippen LogP contribution in [-0.4, -0.2) is 29.8 Å². The van der Waals surface area contributed by atoms with Crippen LogP contribution in [0.2, 0.25) is 0 Å². The number of carbonyl (C=O) groups is 2. The van der Waals surface area contributed by atoms with E-state index >= 15 is 0 Å². The summed E-state index contributed by atoms with van der Waals surface area (Å²) in [4.78, 5) is 45.5. The van der Waals surface area contributed by atoms with Gasteiger partial charge in [0.25, 0.3) is 11.8 Å². The number of amides is 2. The van der Waals surface area contributed by atoms with E-state index in [1.54, 1.807) is 23.1 Å². The van der Waals surface area contributed by atoms with Crippen molar-refractivity contribution in [3.63, 3.8) is 0 Å². The largest absolute Gasteiger partial charge is 0.450 e. The number of anilines is 1. The number of hydrogen-bond donors (Lipinski definition) is 0. The minimum atomic E-state index is -1.60. The number of benzene rings is 3. The standard InChI is InChI=1S/C30H24N2O4/c1-3-16-31-23-12-8-7-11-22(23)30(29(31)35)25-26(33)21-18-19(2)13-14-24(21)36-27(25)28(34)32(30)17-15-20-9-5-4-6-10-20/h3-14,18H,1,15-17H2,2H3. The van der Waals surface area contributed by atoms with Gasteiger partial charge in [-0.05, 0) is 37.1 Å². The maximum atomic E-state index is 14.4. The van der Waals surface area contributed by atoms with Crippen LogP contribution in [0.5, 0.6) is 0 Å². The van der Waals surface area contributed by atoms with Crippen LogP contribution in [0.3, 0.4) is 0 Å². The van der Waals surface area contributed by atoms with E-state index in [9.17, 15) is 14.4 Å². The van der Waals surface area contributed by atoms with Gasteiger partial charge >= 0.3 is 0 Å². The molecule has 1 aromatic heterocycles. The molecule has 1 unspecified atom stereocenters. The molecule has 2 aliphatic heterocycles.